The molecule has 1 saturated heterocycles. The highest BCUT2D eigenvalue weighted by atomic mass is 16.5. The maximum atomic E-state index is 11.7. The summed E-state index contributed by atoms with van der Waals surface area (Å²) in [4.78, 5) is 13.5. The van der Waals surface area contributed by atoms with E-state index in [0.717, 1.165) is 12.8 Å². The highest BCUT2D eigenvalue weighted by Gasteiger charge is 2.48. The summed E-state index contributed by atoms with van der Waals surface area (Å²) in [5.74, 6) is 0.843. The van der Waals surface area contributed by atoms with Gasteiger partial charge in [0.15, 0.2) is 5.81 Å². The molecule has 1 heterocycles. The normalized spacial score (nSPS) is 36.2. The Morgan fingerprint density at radius 2 is 2.20 bits per heavy atom. The Labute approximate surface area is 124 Å². The van der Waals surface area contributed by atoms with E-state index in [4.69, 9.17) is 12.6 Å². The Kier molecular flexibility index (Phi) is 4.34. The van der Waals surface area contributed by atoms with Gasteiger partial charge >= 0.3 is 0 Å². The Hall–Kier alpha value is -0.765. The van der Waals surface area contributed by atoms with Crippen LogP contribution in [0.4, 0.5) is 4.79 Å². The second-order valence-electron chi connectivity index (χ2n) is 6.88. The zero-order valence-corrected chi connectivity index (χ0v) is 13.3. The molecule has 20 heavy (non-hydrogen) atoms. The number of amides is 1. The van der Waals surface area contributed by atoms with Gasteiger partial charge in [-0.05, 0) is 51.9 Å². The van der Waals surface area contributed by atoms with Crippen LogP contribution in [0.5, 0.6) is 0 Å². The van der Waals surface area contributed by atoms with Crippen molar-refractivity contribution in [2.24, 2.45) is 11.8 Å². The Morgan fingerprint density at radius 1 is 1.55 bits per heavy atom. The van der Waals surface area contributed by atoms with Crippen LogP contribution in [0, 0.1) is 11.8 Å². The minimum Gasteiger partial charge on any atom is -0.351 e. The Morgan fingerprint density at radius 3 is 2.65 bits per heavy atom. The molecule has 0 spiro atoms. The van der Waals surface area contributed by atoms with Crippen molar-refractivity contribution in [1.82, 2.24) is 4.90 Å². The molecule has 4 atom stereocenters. The van der Waals surface area contributed by atoms with E-state index in [1.54, 1.807) is 4.90 Å². The van der Waals surface area contributed by atoms with Crippen molar-refractivity contribution in [3.8, 4) is 0 Å². The van der Waals surface area contributed by atoms with E-state index >= 15 is 0 Å². The van der Waals surface area contributed by atoms with E-state index < -0.39 is 5.72 Å². The van der Waals surface area contributed by atoms with Gasteiger partial charge in [0.25, 0.3) is 0 Å². The van der Waals surface area contributed by atoms with Crippen molar-refractivity contribution in [2.75, 3.05) is 0 Å². The number of hydrogen-bond acceptors (Lipinski definition) is 2. The van der Waals surface area contributed by atoms with Crippen LogP contribution in [0.2, 0.25) is 0 Å². The lowest BCUT2D eigenvalue weighted by Crippen LogP contribution is -2.47. The van der Waals surface area contributed by atoms with E-state index in [9.17, 15) is 4.79 Å². The average molecular weight is 275 g/mol. The fraction of sp³-hybridized carbons (Fsp3) is 0.812. The third-order valence-corrected chi connectivity index (χ3v) is 4.81. The number of nitrogens with zero attached hydrogens (tertiary/aromatic N) is 1. The maximum absolute atomic E-state index is 11.7. The standard InChI is InChI=1S/C16H26BNO2/c1-6-13-14(9-12-8-10(2)7-11(12)3)20-16(4,5)18(13)15(17)19/h8,11-14H,6-7,9H2,1-5H3. The molecular formula is C16H26BNO2. The van der Waals surface area contributed by atoms with Crippen LogP contribution < -0.4 is 0 Å². The van der Waals surface area contributed by atoms with Crippen LogP contribution in [-0.2, 0) is 4.74 Å². The molecule has 4 heteroatoms. The molecule has 2 rings (SSSR count). The minimum atomic E-state index is -0.599. The Balaban J connectivity index is 2.14. The average Bonchev–Trinajstić information content (AvgIpc) is 2.75. The fourth-order valence-electron chi connectivity index (χ4n) is 3.98. The van der Waals surface area contributed by atoms with Crippen LogP contribution in [0.25, 0.3) is 0 Å². The monoisotopic (exact) mass is 275 g/mol. The summed E-state index contributed by atoms with van der Waals surface area (Å²) in [5, 5.41) is 0. The van der Waals surface area contributed by atoms with Gasteiger partial charge in [-0.3, -0.25) is 4.79 Å². The van der Waals surface area contributed by atoms with E-state index in [1.807, 2.05) is 13.8 Å². The second kappa shape index (κ2) is 5.55. The molecule has 3 nitrogen and oxygen atoms in total. The van der Waals surface area contributed by atoms with E-state index in [0.29, 0.717) is 11.8 Å². The predicted octanol–water partition coefficient (Wildman–Crippen LogP) is 3.48. The summed E-state index contributed by atoms with van der Waals surface area (Å²) in [7, 11) is 5.55. The molecule has 0 aromatic carbocycles. The van der Waals surface area contributed by atoms with Crippen molar-refractivity contribution in [3.05, 3.63) is 11.6 Å². The molecule has 0 aromatic rings. The van der Waals surface area contributed by atoms with Crippen LogP contribution in [0.15, 0.2) is 11.6 Å². The first kappa shape index (κ1) is 15.6. The lowest BCUT2D eigenvalue weighted by atomic mass is 9.88. The van der Waals surface area contributed by atoms with Crippen molar-refractivity contribution in [2.45, 2.75) is 71.8 Å². The number of ether oxygens (including phenoxy) is 1. The third-order valence-electron chi connectivity index (χ3n) is 4.81. The quantitative estimate of drug-likeness (QED) is 0.583. The maximum Gasteiger partial charge on any atom is 0.200 e. The molecule has 1 aliphatic heterocycles. The number of hydrogen-bond donors (Lipinski definition) is 0. The molecule has 1 aliphatic carbocycles. The number of rotatable bonds is 3. The topological polar surface area (TPSA) is 29.5 Å². The van der Waals surface area contributed by atoms with Crippen LogP contribution >= 0.6 is 0 Å². The molecule has 1 amide bonds. The van der Waals surface area contributed by atoms with Gasteiger partial charge in [-0.25, -0.2) is 0 Å². The molecule has 0 saturated carbocycles. The van der Waals surface area contributed by atoms with E-state index in [-0.39, 0.29) is 18.0 Å². The molecule has 0 aromatic heterocycles. The zero-order chi connectivity index (χ0) is 15.1. The highest BCUT2D eigenvalue weighted by molar-refractivity contribution is 6.57. The SMILES string of the molecule is [B]C(=O)N1C(CC)C(CC2C=C(C)CC2C)OC1(C)C. The summed E-state index contributed by atoms with van der Waals surface area (Å²) < 4.78 is 6.17. The molecule has 0 bridgehead atoms. The van der Waals surface area contributed by atoms with Crippen molar-refractivity contribution in [1.29, 1.82) is 0 Å². The summed E-state index contributed by atoms with van der Waals surface area (Å²) in [6, 6.07) is 0.0870. The third kappa shape index (κ3) is 2.81. The van der Waals surface area contributed by atoms with Gasteiger partial charge in [-0.2, -0.15) is 0 Å². The van der Waals surface area contributed by atoms with Gasteiger partial charge in [0, 0.05) is 0 Å². The van der Waals surface area contributed by atoms with Crippen molar-refractivity contribution < 1.29 is 9.53 Å². The van der Waals surface area contributed by atoms with Crippen LogP contribution in [0.3, 0.4) is 0 Å². The van der Waals surface area contributed by atoms with Gasteiger partial charge in [0.2, 0.25) is 7.85 Å². The summed E-state index contributed by atoms with van der Waals surface area (Å²) in [6.45, 7) is 10.4. The smallest absolute Gasteiger partial charge is 0.200 e. The van der Waals surface area contributed by atoms with Gasteiger partial charge in [-0.1, -0.05) is 25.5 Å². The lowest BCUT2D eigenvalue weighted by molar-refractivity contribution is -0.0626. The summed E-state index contributed by atoms with van der Waals surface area (Å²) >= 11 is 0. The van der Waals surface area contributed by atoms with Gasteiger partial charge in [-0.15, -0.1) is 0 Å². The molecule has 2 aliphatic rings. The minimum absolute atomic E-state index is 0.0806. The summed E-state index contributed by atoms with van der Waals surface area (Å²) in [5.41, 5.74) is 0.872. The zero-order valence-electron chi connectivity index (χ0n) is 13.3. The molecule has 1 fully saturated rings. The highest BCUT2D eigenvalue weighted by Crippen LogP contribution is 2.40. The van der Waals surface area contributed by atoms with Crippen LogP contribution in [-0.4, -0.2) is 36.4 Å². The first-order chi connectivity index (χ1) is 9.26. The molecule has 4 unspecified atom stereocenters. The second-order valence-corrected chi connectivity index (χ2v) is 6.88. The van der Waals surface area contributed by atoms with Crippen LogP contribution in [0.1, 0.15) is 53.9 Å². The first-order valence-corrected chi connectivity index (χ1v) is 7.70. The number of carbonyl (C=O) groups is 1. The van der Waals surface area contributed by atoms with Gasteiger partial charge < -0.3 is 9.64 Å². The fourth-order valence-corrected chi connectivity index (χ4v) is 3.98. The molecule has 110 valence electrons. The number of allylic oxidation sites excluding steroid dienone is 2. The number of carbonyl (C=O) groups excluding carboxylic acids is 1. The predicted molar refractivity (Wildman–Crippen MR) is 81.7 cm³/mol. The lowest BCUT2D eigenvalue weighted by Gasteiger charge is -2.33. The first-order valence-electron chi connectivity index (χ1n) is 7.70. The molecular weight excluding hydrogens is 249 g/mol. The largest absolute Gasteiger partial charge is 0.351 e. The van der Waals surface area contributed by atoms with Gasteiger partial charge in [0.1, 0.15) is 5.72 Å². The van der Waals surface area contributed by atoms with Gasteiger partial charge in [0.05, 0.1) is 12.1 Å². The van der Waals surface area contributed by atoms with Crippen molar-refractivity contribution in [3.63, 3.8) is 0 Å². The van der Waals surface area contributed by atoms with Crippen molar-refractivity contribution >= 4 is 13.7 Å². The molecule has 0 N–H and O–H groups in total. The Bertz CT molecular complexity index is 419. The summed E-state index contributed by atoms with van der Waals surface area (Å²) in [6.07, 6.45) is 5.49. The van der Waals surface area contributed by atoms with E-state index in [2.05, 4.69) is 26.8 Å². The molecule has 2 radical (unpaired) electrons. The van der Waals surface area contributed by atoms with E-state index in [1.165, 1.54) is 12.0 Å².